The highest BCUT2D eigenvalue weighted by Gasteiger charge is 2.21. The Kier molecular flexibility index (Phi) is 4.88. The highest BCUT2D eigenvalue weighted by Crippen LogP contribution is 2.41. The van der Waals surface area contributed by atoms with E-state index in [0.717, 1.165) is 33.3 Å². The van der Waals surface area contributed by atoms with Crippen LogP contribution in [0, 0.1) is 27.7 Å². The zero-order valence-corrected chi connectivity index (χ0v) is 24.7. The van der Waals surface area contributed by atoms with E-state index in [1.807, 2.05) is 0 Å². The molecular formula is C40H30N2O. The molecule has 0 aliphatic carbocycles. The number of hydrogen-bond donors (Lipinski definition) is 0. The predicted molar refractivity (Wildman–Crippen MR) is 181 cm³/mol. The van der Waals surface area contributed by atoms with Gasteiger partial charge < -0.3 is 13.6 Å². The third-order valence-corrected chi connectivity index (χ3v) is 9.38. The first-order valence-electron chi connectivity index (χ1n) is 15.0. The van der Waals surface area contributed by atoms with Crippen molar-refractivity contribution in [2.75, 3.05) is 0 Å². The third-order valence-electron chi connectivity index (χ3n) is 9.38. The lowest BCUT2D eigenvalue weighted by Crippen LogP contribution is -1.97. The summed E-state index contributed by atoms with van der Waals surface area (Å²) in [6.07, 6.45) is 0. The van der Waals surface area contributed by atoms with Gasteiger partial charge in [-0.25, -0.2) is 0 Å². The number of aryl methyl sites for hydroxylation is 4. The SMILES string of the molecule is Cc1cccc2c3cccc(C)c3n(-c3ccc4oc5c(-n6c7c(C)cccc7c7cccc(C)c76)cccc5c4c3)c12. The quantitative estimate of drug-likeness (QED) is 0.208. The Morgan fingerprint density at radius 1 is 0.419 bits per heavy atom. The number of rotatable bonds is 2. The van der Waals surface area contributed by atoms with Crippen LogP contribution in [-0.4, -0.2) is 9.13 Å². The maximum Gasteiger partial charge on any atom is 0.159 e. The van der Waals surface area contributed by atoms with Gasteiger partial charge in [-0.2, -0.15) is 0 Å². The van der Waals surface area contributed by atoms with Gasteiger partial charge in [0.25, 0.3) is 0 Å². The van der Waals surface area contributed by atoms with Crippen molar-refractivity contribution in [2.45, 2.75) is 27.7 Å². The van der Waals surface area contributed by atoms with Gasteiger partial charge in [-0.15, -0.1) is 0 Å². The molecule has 3 heteroatoms. The Balaban J connectivity index is 1.37. The molecular weight excluding hydrogens is 524 g/mol. The predicted octanol–water partition coefficient (Wildman–Crippen LogP) is 11.0. The summed E-state index contributed by atoms with van der Waals surface area (Å²) < 4.78 is 11.6. The second-order valence-electron chi connectivity index (χ2n) is 12.0. The van der Waals surface area contributed by atoms with Gasteiger partial charge in [0.15, 0.2) is 5.58 Å². The second-order valence-corrected chi connectivity index (χ2v) is 12.0. The van der Waals surface area contributed by atoms with E-state index in [2.05, 4.69) is 146 Å². The fourth-order valence-corrected chi connectivity index (χ4v) is 7.50. The first kappa shape index (κ1) is 24.3. The first-order chi connectivity index (χ1) is 21.0. The number of para-hydroxylation sites is 5. The van der Waals surface area contributed by atoms with Gasteiger partial charge in [0, 0.05) is 38.0 Å². The molecule has 3 nitrogen and oxygen atoms in total. The van der Waals surface area contributed by atoms with Crippen LogP contribution < -0.4 is 0 Å². The van der Waals surface area contributed by atoms with Gasteiger partial charge in [0.05, 0.1) is 27.8 Å². The van der Waals surface area contributed by atoms with Crippen LogP contribution in [0.4, 0.5) is 0 Å². The van der Waals surface area contributed by atoms with Gasteiger partial charge in [0.1, 0.15) is 5.58 Å². The monoisotopic (exact) mass is 554 g/mol. The van der Waals surface area contributed by atoms with Crippen molar-refractivity contribution in [3.05, 3.63) is 131 Å². The summed E-state index contributed by atoms with van der Waals surface area (Å²) in [6, 6.07) is 39.7. The largest absolute Gasteiger partial charge is 0.454 e. The van der Waals surface area contributed by atoms with Gasteiger partial charge >= 0.3 is 0 Å². The van der Waals surface area contributed by atoms with Crippen molar-refractivity contribution in [3.63, 3.8) is 0 Å². The number of hydrogen-bond acceptors (Lipinski definition) is 1. The topological polar surface area (TPSA) is 23.0 Å². The number of aromatic nitrogens is 2. The van der Waals surface area contributed by atoms with E-state index in [1.165, 1.54) is 65.9 Å². The number of benzene rings is 6. The van der Waals surface area contributed by atoms with E-state index in [1.54, 1.807) is 0 Å². The molecule has 0 N–H and O–H groups in total. The fraction of sp³-hybridized carbons (Fsp3) is 0.100. The van der Waals surface area contributed by atoms with Crippen LogP contribution in [0.2, 0.25) is 0 Å². The minimum absolute atomic E-state index is 0.898. The van der Waals surface area contributed by atoms with Gasteiger partial charge in [-0.1, -0.05) is 84.9 Å². The average molecular weight is 555 g/mol. The van der Waals surface area contributed by atoms with Crippen LogP contribution in [0.1, 0.15) is 22.3 Å². The molecule has 0 spiro atoms. The third kappa shape index (κ3) is 3.19. The van der Waals surface area contributed by atoms with E-state index in [9.17, 15) is 0 Å². The van der Waals surface area contributed by atoms with Crippen molar-refractivity contribution in [1.29, 1.82) is 0 Å². The Hall–Kier alpha value is -5.28. The number of furan rings is 1. The van der Waals surface area contributed by atoms with Crippen LogP contribution >= 0.6 is 0 Å². The molecule has 3 heterocycles. The molecule has 9 rings (SSSR count). The molecule has 0 atom stereocenters. The lowest BCUT2D eigenvalue weighted by molar-refractivity contribution is 0.666. The Morgan fingerprint density at radius 3 is 1.37 bits per heavy atom. The summed E-state index contributed by atoms with van der Waals surface area (Å²) in [5.74, 6) is 0. The maximum atomic E-state index is 6.75. The molecule has 206 valence electrons. The summed E-state index contributed by atoms with van der Waals surface area (Å²) in [4.78, 5) is 0. The second kappa shape index (κ2) is 8.62. The van der Waals surface area contributed by atoms with Crippen molar-refractivity contribution in [3.8, 4) is 11.4 Å². The fourth-order valence-electron chi connectivity index (χ4n) is 7.50. The summed E-state index contributed by atoms with van der Waals surface area (Å²) >= 11 is 0. The minimum atomic E-state index is 0.898. The van der Waals surface area contributed by atoms with E-state index < -0.39 is 0 Å². The van der Waals surface area contributed by atoms with Gasteiger partial charge in [0.2, 0.25) is 0 Å². The zero-order valence-electron chi connectivity index (χ0n) is 24.7. The Labute approximate surface area is 249 Å². The van der Waals surface area contributed by atoms with E-state index >= 15 is 0 Å². The maximum absolute atomic E-state index is 6.75. The highest BCUT2D eigenvalue weighted by atomic mass is 16.3. The summed E-state index contributed by atoms with van der Waals surface area (Å²) in [6.45, 7) is 8.82. The average Bonchev–Trinajstić information content (AvgIpc) is 3.67. The Bertz CT molecular complexity index is 2490. The van der Waals surface area contributed by atoms with Gasteiger partial charge in [-0.05, 0) is 74.2 Å². The molecule has 0 fully saturated rings. The van der Waals surface area contributed by atoms with Crippen molar-refractivity contribution >= 4 is 65.6 Å². The molecule has 0 unspecified atom stereocenters. The molecule has 3 aromatic heterocycles. The molecule has 0 amide bonds. The molecule has 0 bridgehead atoms. The minimum Gasteiger partial charge on any atom is -0.454 e. The lowest BCUT2D eigenvalue weighted by atomic mass is 10.1. The molecule has 0 radical (unpaired) electrons. The summed E-state index contributed by atoms with van der Waals surface area (Å²) in [5.41, 5.74) is 14.1. The number of nitrogens with zero attached hydrogens (tertiary/aromatic N) is 2. The van der Waals surface area contributed by atoms with Crippen molar-refractivity contribution < 1.29 is 4.42 Å². The highest BCUT2D eigenvalue weighted by molar-refractivity contribution is 6.15. The molecule has 9 aromatic rings. The Morgan fingerprint density at radius 2 is 0.860 bits per heavy atom. The first-order valence-corrected chi connectivity index (χ1v) is 15.0. The molecule has 0 saturated heterocycles. The summed E-state index contributed by atoms with van der Waals surface area (Å²) in [7, 11) is 0. The van der Waals surface area contributed by atoms with Crippen LogP contribution in [0.5, 0.6) is 0 Å². The van der Waals surface area contributed by atoms with Gasteiger partial charge in [-0.3, -0.25) is 0 Å². The van der Waals surface area contributed by atoms with Crippen molar-refractivity contribution in [2.24, 2.45) is 0 Å². The van der Waals surface area contributed by atoms with Crippen LogP contribution in [-0.2, 0) is 0 Å². The zero-order chi connectivity index (χ0) is 29.0. The molecule has 43 heavy (non-hydrogen) atoms. The van der Waals surface area contributed by atoms with E-state index in [-0.39, 0.29) is 0 Å². The molecule has 0 aliphatic rings. The molecule has 0 saturated carbocycles. The normalized spacial score (nSPS) is 12.2. The number of fused-ring (bicyclic) bond motifs is 9. The van der Waals surface area contributed by atoms with E-state index in [4.69, 9.17) is 4.42 Å². The summed E-state index contributed by atoms with van der Waals surface area (Å²) in [5, 5.41) is 7.37. The van der Waals surface area contributed by atoms with Crippen LogP contribution in [0.15, 0.2) is 114 Å². The van der Waals surface area contributed by atoms with Crippen LogP contribution in [0.3, 0.4) is 0 Å². The standard InChI is InChI=1S/C40H30N2O/c1-23-10-5-14-28-29-15-6-11-24(2)37(29)41(36(23)28)27-20-21-35-33(22-27)32-18-9-19-34(40(32)43-35)42-38-25(3)12-7-16-30(38)31-17-8-13-26(4)39(31)42/h5-22H,1-4H3. The van der Waals surface area contributed by atoms with Crippen LogP contribution in [0.25, 0.3) is 76.9 Å². The van der Waals surface area contributed by atoms with E-state index in [0.29, 0.717) is 0 Å². The lowest BCUT2D eigenvalue weighted by Gasteiger charge is -2.11. The molecule has 6 aromatic carbocycles. The molecule has 0 aliphatic heterocycles. The smallest absolute Gasteiger partial charge is 0.159 e. The van der Waals surface area contributed by atoms with Crippen molar-refractivity contribution in [1.82, 2.24) is 9.13 Å².